The molecule has 0 bridgehead atoms. The van der Waals surface area contributed by atoms with E-state index in [1.807, 2.05) is 19.1 Å². The molecule has 1 aromatic rings. The second-order valence-electron chi connectivity index (χ2n) is 5.83. The van der Waals surface area contributed by atoms with E-state index in [1.54, 1.807) is 12.2 Å². The SMILES string of the molecule is C=N/C(=C\C=C(/C)N)Oc1ccc(C)c2c1C1(CC1)CO2. The lowest BCUT2D eigenvalue weighted by Crippen LogP contribution is -2.09. The largest absolute Gasteiger partial charge is 0.492 e. The van der Waals surface area contributed by atoms with Crippen LogP contribution in [0.5, 0.6) is 11.5 Å². The Hall–Kier alpha value is -2.23. The number of benzene rings is 1. The second-order valence-corrected chi connectivity index (χ2v) is 5.83. The van der Waals surface area contributed by atoms with Gasteiger partial charge < -0.3 is 15.2 Å². The van der Waals surface area contributed by atoms with Crippen molar-refractivity contribution < 1.29 is 9.47 Å². The molecule has 1 fully saturated rings. The quantitative estimate of drug-likeness (QED) is 0.525. The van der Waals surface area contributed by atoms with E-state index in [4.69, 9.17) is 15.2 Å². The highest BCUT2D eigenvalue weighted by Gasteiger charge is 2.53. The third-order valence-corrected chi connectivity index (χ3v) is 4.05. The van der Waals surface area contributed by atoms with Crippen molar-refractivity contribution in [2.45, 2.75) is 32.1 Å². The van der Waals surface area contributed by atoms with Gasteiger partial charge in [0.1, 0.15) is 11.5 Å². The van der Waals surface area contributed by atoms with Crippen LogP contribution < -0.4 is 15.2 Å². The normalized spacial score (nSPS) is 19.1. The molecule has 4 nitrogen and oxygen atoms in total. The molecule has 110 valence electrons. The molecular weight excluding hydrogens is 264 g/mol. The summed E-state index contributed by atoms with van der Waals surface area (Å²) in [5.74, 6) is 2.22. The maximum atomic E-state index is 5.94. The van der Waals surface area contributed by atoms with E-state index in [0.717, 1.165) is 36.5 Å². The lowest BCUT2D eigenvalue weighted by Gasteiger charge is -2.13. The van der Waals surface area contributed by atoms with E-state index in [2.05, 4.69) is 18.6 Å². The molecule has 0 radical (unpaired) electrons. The summed E-state index contributed by atoms with van der Waals surface area (Å²) < 4.78 is 11.8. The van der Waals surface area contributed by atoms with Crippen LogP contribution in [0.2, 0.25) is 0 Å². The van der Waals surface area contributed by atoms with Crippen molar-refractivity contribution in [1.82, 2.24) is 0 Å². The van der Waals surface area contributed by atoms with Gasteiger partial charge in [-0.15, -0.1) is 0 Å². The van der Waals surface area contributed by atoms with Gasteiger partial charge in [-0.25, -0.2) is 4.99 Å². The maximum absolute atomic E-state index is 5.94. The number of hydrogen-bond acceptors (Lipinski definition) is 4. The molecule has 1 heterocycles. The van der Waals surface area contributed by atoms with Crippen molar-refractivity contribution in [1.29, 1.82) is 0 Å². The van der Waals surface area contributed by atoms with Crippen LogP contribution in [-0.4, -0.2) is 13.3 Å². The van der Waals surface area contributed by atoms with Gasteiger partial charge in [0.05, 0.1) is 6.61 Å². The van der Waals surface area contributed by atoms with Crippen molar-refractivity contribution in [2.75, 3.05) is 6.61 Å². The van der Waals surface area contributed by atoms with Crippen LogP contribution in [-0.2, 0) is 5.41 Å². The molecule has 0 atom stereocenters. The van der Waals surface area contributed by atoms with Crippen LogP contribution in [0.15, 0.2) is 40.9 Å². The maximum Gasteiger partial charge on any atom is 0.218 e. The number of ether oxygens (including phenoxy) is 2. The highest BCUT2D eigenvalue weighted by atomic mass is 16.5. The second kappa shape index (κ2) is 4.95. The van der Waals surface area contributed by atoms with Crippen LogP contribution in [0.4, 0.5) is 0 Å². The number of rotatable bonds is 4. The smallest absolute Gasteiger partial charge is 0.218 e. The molecule has 1 aliphatic carbocycles. The topological polar surface area (TPSA) is 56.8 Å². The number of hydrogen-bond donors (Lipinski definition) is 1. The highest BCUT2D eigenvalue weighted by molar-refractivity contribution is 5.59. The zero-order valence-corrected chi connectivity index (χ0v) is 12.5. The predicted molar refractivity (Wildman–Crippen MR) is 83.8 cm³/mol. The molecule has 3 rings (SSSR count). The minimum Gasteiger partial charge on any atom is -0.492 e. The van der Waals surface area contributed by atoms with E-state index in [0.29, 0.717) is 11.6 Å². The fourth-order valence-corrected chi connectivity index (χ4v) is 2.70. The molecular formula is C17H20N2O2. The molecule has 1 spiro atoms. The van der Waals surface area contributed by atoms with Crippen molar-refractivity contribution in [3.8, 4) is 11.5 Å². The number of nitrogens with zero attached hydrogens (tertiary/aromatic N) is 1. The number of fused-ring (bicyclic) bond motifs is 2. The molecule has 1 aliphatic heterocycles. The summed E-state index contributed by atoms with van der Waals surface area (Å²) in [6, 6.07) is 4.00. The fraction of sp³-hybridized carbons (Fsp3) is 0.353. The molecule has 2 N–H and O–H groups in total. The summed E-state index contributed by atoms with van der Waals surface area (Å²) in [5, 5.41) is 0. The van der Waals surface area contributed by atoms with E-state index in [-0.39, 0.29) is 5.41 Å². The Morgan fingerprint density at radius 3 is 2.81 bits per heavy atom. The number of nitrogens with two attached hydrogens (primary N) is 1. The Morgan fingerprint density at radius 1 is 1.43 bits per heavy atom. The molecule has 0 saturated heterocycles. The van der Waals surface area contributed by atoms with Crippen LogP contribution in [0, 0.1) is 6.92 Å². The monoisotopic (exact) mass is 284 g/mol. The Kier molecular flexibility index (Phi) is 3.24. The van der Waals surface area contributed by atoms with Crippen molar-refractivity contribution in [2.24, 2.45) is 10.7 Å². The summed E-state index contributed by atoms with van der Waals surface area (Å²) >= 11 is 0. The average Bonchev–Trinajstić information content (AvgIpc) is 3.12. The first-order valence-corrected chi connectivity index (χ1v) is 7.11. The van der Waals surface area contributed by atoms with Gasteiger partial charge in [0.2, 0.25) is 5.88 Å². The van der Waals surface area contributed by atoms with Gasteiger partial charge in [0, 0.05) is 22.8 Å². The first kappa shape index (κ1) is 13.7. The van der Waals surface area contributed by atoms with Crippen LogP contribution >= 0.6 is 0 Å². The highest BCUT2D eigenvalue weighted by Crippen LogP contribution is 2.59. The standard InChI is InChI=1S/C17H20N2O2/c1-11-4-6-13(21-14(19-3)7-5-12(2)18)15-16(11)20-10-17(15)8-9-17/h4-7H,3,8-10,18H2,1-2H3/b12-5+,14-7+. The third-order valence-electron chi connectivity index (χ3n) is 4.05. The van der Waals surface area contributed by atoms with Gasteiger partial charge in [-0.05, 0) is 51.1 Å². The summed E-state index contributed by atoms with van der Waals surface area (Å²) in [7, 11) is 0. The third kappa shape index (κ3) is 2.42. The predicted octanol–water partition coefficient (Wildman–Crippen LogP) is 3.20. The van der Waals surface area contributed by atoms with E-state index in [1.165, 1.54) is 5.56 Å². The van der Waals surface area contributed by atoms with E-state index < -0.39 is 0 Å². The molecule has 1 saturated carbocycles. The Bertz CT molecular complexity index is 651. The lowest BCUT2D eigenvalue weighted by atomic mass is 9.95. The van der Waals surface area contributed by atoms with Crippen molar-refractivity contribution >= 4 is 6.72 Å². The van der Waals surface area contributed by atoms with E-state index >= 15 is 0 Å². The van der Waals surface area contributed by atoms with Crippen LogP contribution in [0.1, 0.15) is 30.9 Å². The average molecular weight is 284 g/mol. The van der Waals surface area contributed by atoms with Gasteiger partial charge in [0.25, 0.3) is 0 Å². The Labute approximate surface area is 125 Å². The van der Waals surface area contributed by atoms with Gasteiger partial charge in [0.15, 0.2) is 0 Å². The molecule has 0 aromatic heterocycles. The number of allylic oxidation sites excluding steroid dienone is 3. The zero-order valence-electron chi connectivity index (χ0n) is 12.5. The number of aliphatic imine (C=N–C) groups is 1. The summed E-state index contributed by atoms with van der Waals surface area (Å²) in [6.07, 6.45) is 5.79. The van der Waals surface area contributed by atoms with Crippen LogP contribution in [0.25, 0.3) is 0 Å². The first-order chi connectivity index (χ1) is 10.1. The summed E-state index contributed by atoms with van der Waals surface area (Å²) in [5.41, 5.74) is 8.81. The fourth-order valence-electron chi connectivity index (χ4n) is 2.70. The van der Waals surface area contributed by atoms with Crippen LogP contribution in [0.3, 0.4) is 0 Å². The van der Waals surface area contributed by atoms with E-state index in [9.17, 15) is 0 Å². The first-order valence-electron chi connectivity index (χ1n) is 7.11. The molecule has 21 heavy (non-hydrogen) atoms. The molecule has 0 amide bonds. The molecule has 1 aromatic carbocycles. The number of aryl methyl sites for hydroxylation is 1. The van der Waals surface area contributed by atoms with Gasteiger partial charge in [-0.2, -0.15) is 0 Å². The van der Waals surface area contributed by atoms with Gasteiger partial charge in [-0.3, -0.25) is 0 Å². The van der Waals surface area contributed by atoms with Crippen molar-refractivity contribution in [3.63, 3.8) is 0 Å². The van der Waals surface area contributed by atoms with Crippen molar-refractivity contribution in [3.05, 3.63) is 47.0 Å². The minimum atomic E-state index is 0.155. The lowest BCUT2D eigenvalue weighted by molar-refractivity contribution is 0.321. The van der Waals surface area contributed by atoms with Gasteiger partial charge in [-0.1, -0.05) is 6.07 Å². The molecule has 2 aliphatic rings. The molecule has 4 heteroatoms. The zero-order chi connectivity index (χ0) is 15.0. The minimum absolute atomic E-state index is 0.155. The summed E-state index contributed by atoms with van der Waals surface area (Å²) in [6.45, 7) is 8.19. The van der Waals surface area contributed by atoms with Gasteiger partial charge >= 0.3 is 0 Å². The summed E-state index contributed by atoms with van der Waals surface area (Å²) in [4.78, 5) is 3.92. The molecule has 0 unspecified atom stereocenters. The Balaban J connectivity index is 1.97. The Morgan fingerprint density at radius 2 is 2.19 bits per heavy atom.